The molecule has 1 saturated carbocycles. The molecule has 21 heavy (non-hydrogen) atoms. The summed E-state index contributed by atoms with van der Waals surface area (Å²) in [6, 6.07) is 0.314. The van der Waals surface area contributed by atoms with Crippen molar-refractivity contribution in [2.45, 2.75) is 45.3 Å². The van der Waals surface area contributed by atoms with Crippen LogP contribution in [0.25, 0.3) is 0 Å². The highest BCUT2D eigenvalue weighted by atomic mass is 16.6. The summed E-state index contributed by atoms with van der Waals surface area (Å²) in [5, 5.41) is 21.0. The first kappa shape index (κ1) is 17.2. The number of aliphatic carboxylic acids is 2. The Bertz CT molecular complexity index is 407. The van der Waals surface area contributed by atoms with Crippen molar-refractivity contribution < 1.29 is 29.3 Å². The van der Waals surface area contributed by atoms with Gasteiger partial charge in [-0.3, -0.25) is 0 Å². The first-order valence-electron chi connectivity index (χ1n) is 6.72. The van der Waals surface area contributed by atoms with E-state index in [0.717, 1.165) is 19.5 Å². The topological polar surface area (TPSA) is 125 Å². The van der Waals surface area contributed by atoms with Gasteiger partial charge in [0.15, 0.2) is 0 Å². The third-order valence-corrected chi connectivity index (χ3v) is 3.50. The lowest BCUT2D eigenvalue weighted by molar-refractivity contribution is -0.159. The molecular formula is C13H22N2O6. The Labute approximate surface area is 122 Å². The standard InChI is InChI=1S/C11H20N2O2.C2H2O4/c1-10(2,3)15-9(14)13-8-4-5-11(8)6-12-7-11;3-1(4)2(5)6/h8,12H,4-7H2,1-3H3,(H,13,14);(H,3,4)(H,5,6)/t8-;/m1./s1. The molecule has 120 valence electrons. The van der Waals surface area contributed by atoms with Gasteiger partial charge in [-0.05, 0) is 33.6 Å². The molecule has 8 nitrogen and oxygen atoms in total. The van der Waals surface area contributed by atoms with Gasteiger partial charge in [-0.1, -0.05) is 0 Å². The fourth-order valence-corrected chi connectivity index (χ4v) is 2.24. The van der Waals surface area contributed by atoms with Crippen LogP contribution in [0.5, 0.6) is 0 Å². The van der Waals surface area contributed by atoms with Gasteiger partial charge in [-0.15, -0.1) is 0 Å². The normalized spacial score (nSPS) is 22.0. The summed E-state index contributed by atoms with van der Waals surface area (Å²) in [6.45, 7) is 7.72. The molecule has 0 bridgehead atoms. The molecule has 4 N–H and O–H groups in total. The van der Waals surface area contributed by atoms with Crippen LogP contribution in [-0.2, 0) is 14.3 Å². The highest BCUT2D eigenvalue weighted by molar-refractivity contribution is 6.27. The molecule has 8 heteroatoms. The van der Waals surface area contributed by atoms with Gasteiger partial charge in [0, 0.05) is 24.5 Å². The van der Waals surface area contributed by atoms with Crippen molar-refractivity contribution in [2.24, 2.45) is 5.41 Å². The van der Waals surface area contributed by atoms with Gasteiger partial charge in [0.25, 0.3) is 0 Å². The number of carbonyl (C=O) groups is 3. The van der Waals surface area contributed by atoms with E-state index in [0.29, 0.717) is 11.5 Å². The summed E-state index contributed by atoms with van der Waals surface area (Å²) in [5.41, 5.74) is -0.0598. The van der Waals surface area contributed by atoms with Gasteiger partial charge in [0.05, 0.1) is 0 Å². The molecule has 1 saturated heterocycles. The lowest BCUT2D eigenvalue weighted by atomic mass is 9.60. The molecule has 1 atom stereocenters. The average molecular weight is 302 g/mol. The third-order valence-electron chi connectivity index (χ3n) is 3.50. The molecule has 1 aliphatic heterocycles. The van der Waals surface area contributed by atoms with E-state index in [4.69, 9.17) is 24.5 Å². The predicted octanol–water partition coefficient (Wildman–Crippen LogP) is 0.419. The number of ether oxygens (including phenoxy) is 1. The Hall–Kier alpha value is -1.83. The van der Waals surface area contributed by atoms with Crippen molar-refractivity contribution in [3.8, 4) is 0 Å². The lowest BCUT2D eigenvalue weighted by Crippen LogP contribution is -2.69. The molecule has 1 aliphatic carbocycles. The van der Waals surface area contributed by atoms with E-state index in [2.05, 4.69) is 10.6 Å². The van der Waals surface area contributed by atoms with Crippen molar-refractivity contribution >= 4 is 18.0 Å². The molecule has 1 heterocycles. The maximum absolute atomic E-state index is 11.5. The Balaban J connectivity index is 0.000000315. The number of carboxylic acid groups (broad SMARTS) is 2. The van der Waals surface area contributed by atoms with Gasteiger partial charge in [-0.2, -0.15) is 0 Å². The van der Waals surface area contributed by atoms with E-state index in [9.17, 15) is 4.79 Å². The predicted molar refractivity (Wildman–Crippen MR) is 73.0 cm³/mol. The van der Waals surface area contributed by atoms with Crippen LogP contribution in [0.3, 0.4) is 0 Å². The minimum absolute atomic E-state index is 0.279. The van der Waals surface area contributed by atoms with Gasteiger partial charge in [-0.25, -0.2) is 14.4 Å². The number of nitrogens with one attached hydrogen (secondary N) is 2. The monoisotopic (exact) mass is 302 g/mol. The molecule has 0 aromatic carbocycles. The summed E-state index contributed by atoms with van der Waals surface area (Å²) in [7, 11) is 0. The van der Waals surface area contributed by atoms with E-state index in [-0.39, 0.29) is 6.09 Å². The fourth-order valence-electron chi connectivity index (χ4n) is 2.24. The van der Waals surface area contributed by atoms with Crippen LogP contribution < -0.4 is 10.6 Å². The maximum atomic E-state index is 11.5. The molecule has 2 rings (SSSR count). The van der Waals surface area contributed by atoms with E-state index in [1.54, 1.807) is 0 Å². The van der Waals surface area contributed by atoms with Crippen molar-refractivity contribution in [3.63, 3.8) is 0 Å². The number of hydrogen-bond acceptors (Lipinski definition) is 5. The second-order valence-electron chi connectivity index (χ2n) is 6.31. The fraction of sp³-hybridized carbons (Fsp3) is 0.769. The van der Waals surface area contributed by atoms with E-state index >= 15 is 0 Å². The van der Waals surface area contributed by atoms with Crippen molar-refractivity contribution in [3.05, 3.63) is 0 Å². The molecule has 1 amide bonds. The molecular weight excluding hydrogens is 280 g/mol. The van der Waals surface area contributed by atoms with E-state index in [1.165, 1.54) is 6.42 Å². The van der Waals surface area contributed by atoms with Gasteiger partial charge in [0.1, 0.15) is 5.60 Å². The number of amides is 1. The van der Waals surface area contributed by atoms with E-state index in [1.807, 2.05) is 20.8 Å². The van der Waals surface area contributed by atoms with Crippen LogP contribution in [0.15, 0.2) is 0 Å². The van der Waals surface area contributed by atoms with Crippen LogP contribution in [0.4, 0.5) is 4.79 Å². The number of carbonyl (C=O) groups excluding carboxylic acids is 1. The van der Waals surface area contributed by atoms with Crippen LogP contribution in [0, 0.1) is 5.41 Å². The molecule has 0 unspecified atom stereocenters. The number of rotatable bonds is 1. The van der Waals surface area contributed by atoms with Crippen molar-refractivity contribution in [2.75, 3.05) is 13.1 Å². The van der Waals surface area contributed by atoms with Crippen LogP contribution in [0.1, 0.15) is 33.6 Å². The highest BCUT2D eigenvalue weighted by Crippen LogP contribution is 2.44. The highest BCUT2D eigenvalue weighted by Gasteiger charge is 2.51. The van der Waals surface area contributed by atoms with Gasteiger partial charge >= 0.3 is 18.0 Å². The van der Waals surface area contributed by atoms with E-state index < -0.39 is 17.5 Å². The molecule has 0 aromatic rings. The zero-order chi connectivity index (χ0) is 16.3. The minimum atomic E-state index is -1.82. The summed E-state index contributed by atoms with van der Waals surface area (Å²) >= 11 is 0. The van der Waals surface area contributed by atoms with Crippen molar-refractivity contribution in [1.29, 1.82) is 0 Å². The third kappa shape index (κ3) is 4.89. The largest absolute Gasteiger partial charge is 0.473 e. The zero-order valence-corrected chi connectivity index (χ0v) is 12.4. The number of hydrogen-bond donors (Lipinski definition) is 4. The first-order valence-corrected chi connectivity index (χ1v) is 6.72. The zero-order valence-electron chi connectivity index (χ0n) is 12.4. The molecule has 0 aromatic heterocycles. The Kier molecular flexibility index (Phi) is 5.16. The van der Waals surface area contributed by atoms with Gasteiger partial charge in [0.2, 0.25) is 0 Å². The summed E-state index contributed by atoms with van der Waals surface area (Å²) in [4.78, 5) is 29.7. The number of carboxylic acids is 2. The summed E-state index contributed by atoms with van der Waals surface area (Å²) < 4.78 is 5.24. The minimum Gasteiger partial charge on any atom is -0.473 e. The molecule has 2 aliphatic rings. The first-order chi connectivity index (χ1) is 9.56. The van der Waals surface area contributed by atoms with Crippen LogP contribution in [-0.4, -0.2) is 53.0 Å². The molecule has 2 fully saturated rings. The molecule has 1 spiro atoms. The maximum Gasteiger partial charge on any atom is 0.414 e. The summed E-state index contributed by atoms with van der Waals surface area (Å²) in [6.07, 6.45) is 2.03. The van der Waals surface area contributed by atoms with Crippen LogP contribution in [0.2, 0.25) is 0 Å². The average Bonchev–Trinajstić information content (AvgIpc) is 2.20. The van der Waals surface area contributed by atoms with Crippen LogP contribution >= 0.6 is 0 Å². The second-order valence-corrected chi connectivity index (χ2v) is 6.31. The quantitative estimate of drug-likeness (QED) is 0.517. The Morgan fingerprint density at radius 3 is 1.95 bits per heavy atom. The summed E-state index contributed by atoms with van der Waals surface area (Å²) in [5.74, 6) is -3.65. The number of alkyl carbamates (subject to hydrolysis) is 1. The lowest BCUT2D eigenvalue weighted by Gasteiger charge is -2.56. The molecule has 0 radical (unpaired) electrons. The Morgan fingerprint density at radius 1 is 1.19 bits per heavy atom. The van der Waals surface area contributed by atoms with Crippen molar-refractivity contribution in [1.82, 2.24) is 10.6 Å². The van der Waals surface area contributed by atoms with Gasteiger partial charge < -0.3 is 25.6 Å². The SMILES string of the molecule is CC(C)(C)OC(=O)N[C@@H]1CCC12CNC2.O=C(O)C(=O)O. The second kappa shape index (κ2) is 6.30. The smallest absolute Gasteiger partial charge is 0.414 e. The Morgan fingerprint density at radius 2 is 1.71 bits per heavy atom.